The Labute approximate surface area is 118 Å². The molecule has 0 saturated carbocycles. The normalized spacial score (nSPS) is 10.7. The molecule has 0 fully saturated rings. The number of rotatable bonds is 3. The van der Waals surface area contributed by atoms with Gasteiger partial charge in [0.1, 0.15) is 11.6 Å². The zero-order chi connectivity index (χ0) is 15.7. The number of nitrogens with zero attached hydrogens (tertiary/aromatic N) is 2. The number of methoxy groups -OCH3 is 1. The van der Waals surface area contributed by atoms with Crippen molar-refractivity contribution >= 4 is 11.8 Å². The Balaban J connectivity index is 2.72. The van der Waals surface area contributed by atoms with Gasteiger partial charge in [-0.3, -0.25) is 4.57 Å². The Morgan fingerprint density at radius 3 is 2.57 bits per heavy atom. The summed E-state index contributed by atoms with van der Waals surface area (Å²) >= 11 is 0. The van der Waals surface area contributed by atoms with Gasteiger partial charge in [-0.15, -0.1) is 0 Å². The molecular weight excluding hydrogens is 287 g/mol. The fraction of sp³-hybridized carbons (Fsp3) is 0.231. The van der Waals surface area contributed by atoms with Gasteiger partial charge >= 0.3 is 5.97 Å². The van der Waals surface area contributed by atoms with Gasteiger partial charge < -0.3 is 10.5 Å². The number of imidazole rings is 1. The topological polar surface area (TPSA) is 70.1 Å². The number of ether oxygens (including phenoxy) is 1. The molecule has 5 nitrogen and oxygen atoms in total. The van der Waals surface area contributed by atoms with Crippen molar-refractivity contribution < 1.29 is 22.7 Å². The lowest BCUT2D eigenvalue weighted by atomic mass is 10.2. The first-order valence-electron chi connectivity index (χ1n) is 6.01. The lowest BCUT2D eigenvalue weighted by molar-refractivity contribution is 0.0595. The third-order valence-electron chi connectivity index (χ3n) is 2.93. The number of halogens is 3. The lowest BCUT2D eigenvalue weighted by Crippen LogP contribution is -2.10. The van der Waals surface area contributed by atoms with Crippen molar-refractivity contribution in [1.82, 2.24) is 9.55 Å². The number of hydrogen-bond acceptors (Lipinski definition) is 4. The minimum Gasteiger partial charge on any atom is -0.464 e. The number of aryl methyl sites for hydroxylation is 1. The van der Waals surface area contributed by atoms with Crippen molar-refractivity contribution in [2.24, 2.45) is 0 Å². The molecule has 2 rings (SSSR count). The number of carbonyl (C=O) groups is 1. The second-order valence-corrected chi connectivity index (χ2v) is 4.14. The first kappa shape index (κ1) is 14.9. The van der Waals surface area contributed by atoms with Crippen LogP contribution in [0.4, 0.5) is 19.0 Å². The Hall–Kier alpha value is -2.51. The monoisotopic (exact) mass is 299 g/mol. The molecule has 0 unspecified atom stereocenters. The standard InChI is InChI=1S/C13H12F3N3O2/c1-3-8-18-11(13(20)21-2)12(17)19(8)7-5-4-6(14)9(15)10(7)16/h4-5H,3,17H2,1-2H3. The summed E-state index contributed by atoms with van der Waals surface area (Å²) in [6.45, 7) is 1.69. The van der Waals surface area contributed by atoms with Crippen molar-refractivity contribution in [2.75, 3.05) is 12.8 Å². The summed E-state index contributed by atoms with van der Waals surface area (Å²) in [5.41, 5.74) is 5.22. The molecule has 0 aliphatic heterocycles. The van der Waals surface area contributed by atoms with Crippen molar-refractivity contribution in [3.05, 3.63) is 41.1 Å². The molecule has 1 heterocycles. The molecule has 0 atom stereocenters. The van der Waals surface area contributed by atoms with E-state index in [1.807, 2.05) is 0 Å². The van der Waals surface area contributed by atoms with E-state index in [4.69, 9.17) is 5.73 Å². The highest BCUT2D eigenvalue weighted by Crippen LogP contribution is 2.26. The summed E-state index contributed by atoms with van der Waals surface area (Å²) in [5.74, 6) is -5.14. The zero-order valence-corrected chi connectivity index (χ0v) is 11.3. The summed E-state index contributed by atoms with van der Waals surface area (Å²) in [5, 5.41) is 0. The van der Waals surface area contributed by atoms with Gasteiger partial charge in [0.15, 0.2) is 23.1 Å². The molecular formula is C13H12F3N3O2. The van der Waals surface area contributed by atoms with E-state index in [0.29, 0.717) is 6.42 Å². The summed E-state index contributed by atoms with van der Waals surface area (Å²) in [6, 6.07) is 1.79. The van der Waals surface area contributed by atoms with E-state index in [9.17, 15) is 18.0 Å². The van der Waals surface area contributed by atoms with Crippen molar-refractivity contribution in [3.63, 3.8) is 0 Å². The molecule has 2 aromatic rings. The van der Waals surface area contributed by atoms with Gasteiger partial charge in [-0.05, 0) is 12.1 Å². The van der Waals surface area contributed by atoms with Crippen LogP contribution in [0.2, 0.25) is 0 Å². The van der Waals surface area contributed by atoms with Crippen LogP contribution >= 0.6 is 0 Å². The van der Waals surface area contributed by atoms with E-state index >= 15 is 0 Å². The van der Waals surface area contributed by atoms with Crippen LogP contribution in [0.25, 0.3) is 5.69 Å². The van der Waals surface area contributed by atoms with Gasteiger partial charge in [-0.1, -0.05) is 6.92 Å². The first-order valence-corrected chi connectivity index (χ1v) is 6.01. The fourth-order valence-corrected chi connectivity index (χ4v) is 1.92. The maximum absolute atomic E-state index is 13.9. The van der Waals surface area contributed by atoms with Crippen LogP contribution in [0.3, 0.4) is 0 Å². The number of hydrogen-bond donors (Lipinski definition) is 1. The van der Waals surface area contributed by atoms with Crippen LogP contribution in [0.1, 0.15) is 23.2 Å². The van der Waals surface area contributed by atoms with Crippen LogP contribution in [0.15, 0.2) is 12.1 Å². The molecule has 21 heavy (non-hydrogen) atoms. The Kier molecular flexibility index (Phi) is 3.88. The third kappa shape index (κ3) is 2.32. The molecule has 112 valence electrons. The van der Waals surface area contributed by atoms with E-state index in [0.717, 1.165) is 23.8 Å². The molecule has 0 saturated heterocycles. The number of aromatic nitrogens is 2. The molecule has 0 amide bonds. The Morgan fingerprint density at radius 1 is 1.33 bits per heavy atom. The molecule has 1 aromatic carbocycles. The smallest absolute Gasteiger partial charge is 0.360 e. The SMILES string of the molecule is CCc1nc(C(=O)OC)c(N)n1-c1ccc(F)c(F)c1F. The van der Waals surface area contributed by atoms with Gasteiger partial charge in [-0.25, -0.2) is 22.9 Å². The van der Waals surface area contributed by atoms with E-state index in [1.54, 1.807) is 6.92 Å². The summed E-state index contributed by atoms with van der Waals surface area (Å²) in [6.07, 6.45) is 0.291. The molecule has 0 spiro atoms. The number of benzene rings is 1. The lowest BCUT2D eigenvalue weighted by Gasteiger charge is -2.10. The van der Waals surface area contributed by atoms with Crippen LogP contribution < -0.4 is 5.73 Å². The molecule has 0 bridgehead atoms. The first-order chi connectivity index (χ1) is 9.92. The number of carbonyl (C=O) groups excluding carboxylic acids is 1. The highest BCUT2D eigenvalue weighted by Gasteiger charge is 2.24. The second kappa shape index (κ2) is 5.47. The molecule has 0 aliphatic carbocycles. The molecule has 2 N–H and O–H groups in total. The second-order valence-electron chi connectivity index (χ2n) is 4.14. The summed E-state index contributed by atoms with van der Waals surface area (Å²) < 4.78 is 45.8. The van der Waals surface area contributed by atoms with Gasteiger partial charge in [0, 0.05) is 6.42 Å². The van der Waals surface area contributed by atoms with E-state index in [1.165, 1.54) is 0 Å². The fourth-order valence-electron chi connectivity index (χ4n) is 1.92. The number of nitrogen functional groups attached to an aromatic ring is 1. The zero-order valence-electron chi connectivity index (χ0n) is 11.3. The molecule has 1 aromatic heterocycles. The largest absolute Gasteiger partial charge is 0.464 e. The number of nitrogens with two attached hydrogens (primary N) is 1. The quantitative estimate of drug-likeness (QED) is 0.697. The third-order valence-corrected chi connectivity index (χ3v) is 2.93. The summed E-state index contributed by atoms with van der Waals surface area (Å²) in [7, 11) is 1.14. The van der Waals surface area contributed by atoms with E-state index < -0.39 is 23.4 Å². The Morgan fingerprint density at radius 2 is 2.00 bits per heavy atom. The van der Waals surface area contributed by atoms with Crippen LogP contribution in [-0.4, -0.2) is 22.6 Å². The van der Waals surface area contributed by atoms with Gasteiger partial charge in [0.2, 0.25) is 0 Å². The number of esters is 1. The average Bonchev–Trinajstić information content (AvgIpc) is 2.81. The highest BCUT2D eigenvalue weighted by molar-refractivity contribution is 5.92. The molecule has 0 radical (unpaired) electrons. The van der Waals surface area contributed by atoms with E-state index in [2.05, 4.69) is 9.72 Å². The highest BCUT2D eigenvalue weighted by atomic mass is 19.2. The maximum Gasteiger partial charge on any atom is 0.360 e. The molecule has 0 aliphatic rings. The maximum atomic E-state index is 13.9. The van der Waals surface area contributed by atoms with Gasteiger partial charge in [0.25, 0.3) is 0 Å². The minimum absolute atomic E-state index is 0.205. The van der Waals surface area contributed by atoms with Crippen LogP contribution in [-0.2, 0) is 11.2 Å². The van der Waals surface area contributed by atoms with Crippen LogP contribution in [0.5, 0.6) is 0 Å². The average molecular weight is 299 g/mol. The van der Waals surface area contributed by atoms with Crippen molar-refractivity contribution in [2.45, 2.75) is 13.3 Å². The van der Waals surface area contributed by atoms with Crippen molar-refractivity contribution in [3.8, 4) is 5.69 Å². The Bertz CT molecular complexity index is 713. The predicted octanol–water partition coefficient (Wildman–Crippen LogP) is 2.22. The predicted molar refractivity (Wildman–Crippen MR) is 68.6 cm³/mol. The summed E-state index contributed by atoms with van der Waals surface area (Å²) in [4.78, 5) is 15.5. The molecule has 8 heteroatoms. The minimum atomic E-state index is -1.62. The number of anilines is 1. The van der Waals surface area contributed by atoms with Crippen LogP contribution in [0, 0.1) is 17.5 Å². The van der Waals surface area contributed by atoms with Gasteiger partial charge in [-0.2, -0.15) is 0 Å². The van der Waals surface area contributed by atoms with Crippen molar-refractivity contribution in [1.29, 1.82) is 0 Å². The van der Waals surface area contributed by atoms with Gasteiger partial charge in [0.05, 0.1) is 12.8 Å². The van der Waals surface area contributed by atoms with E-state index in [-0.39, 0.29) is 23.0 Å².